The molecule has 0 amide bonds. The summed E-state index contributed by atoms with van der Waals surface area (Å²) in [6.07, 6.45) is 8.04. The molecular formula is C17H21N3. The average molecular weight is 267 g/mol. The normalized spacial score (nSPS) is 14.8. The second kappa shape index (κ2) is 5.45. The molecule has 3 nitrogen and oxygen atoms in total. The van der Waals surface area contributed by atoms with Crippen molar-refractivity contribution in [3.05, 3.63) is 53.6 Å². The third kappa shape index (κ3) is 2.72. The summed E-state index contributed by atoms with van der Waals surface area (Å²) in [6.45, 7) is 7.64. The summed E-state index contributed by atoms with van der Waals surface area (Å²) in [4.78, 5) is 4.27. The van der Waals surface area contributed by atoms with E-state index in [-0.39, 0.29) is 5.84 Å². The van der Waals surface area contributed by atoms with E-state index in [0.29, 0.717) is 5.84 Å². The summed E-state index contributed by atoms with van der Waals surface area (Å²) in [5.41, 5.74) is 8.79. The van der Waals surface area contributed by atoms with Crippen LogP contribution in [0.1, 0.15) is 37.0 Å². The second-order valence-electron chi connectivity index (χ2n) is 5.59. The van der Waals surface area contributed by atoms with Crippen molar-refractivity contribution in [3.8, 4) is 0 Å². The molecule has 104 valence electrons. The van der Waals surface area contributed by atoms with Crippen LogP contribution >= 0.6 is 0 Å². The molecule has 3 heteroatoms. The van der Waals surface area contributed by atoms with E-state index in [1.165, 1.54) is 5.56 Å². The van der Waals surface area contributed by atoms with Crippen LogP contribution in [0.15, 0.2) is 41.9 Å². The van der Waals surface area contributed by atoms with E-state index in [1.54, 1.807) is 6.08 Å². The van der Waals surface area contributed by atoms with Gasteiger partial charge in [0.1, 0.15) is 5.84 Å². The highest BCUT2D eigenvalue weighted by molar-refractivity contribution is 6.08. The SMILES string of the molecule is C=CC(C)(C)/C(N)=N/C(=N)c1cccc2c1C=CCC2. The van der Waals surface area contributed by atoms with E-state index in [1.807, 2.05) is 26.0 Å². The zero-order valence-corrected chi connectivity index (χ0v) is 12.1. The standard InChI is InChI=1S/C17H21N3/c1-4-17(2,3)16(19)20-15(18)14-11-7-9-12-8-5-6-10-13(12)14/h4,6-7,9-11H,1,5,8H2,2-3H3,(H3,18,19,20). The Kier molecular flexibility index (Phi) is 3.89. The van der Waals surface area contributed by atoms with Crippen LogP contribution in [-0.4, -0.2) is 11.7 Å². The molecule has 0 spiro atoms. The Hall–Kier alpha value is -2.16. The maximum absolute atomic E-state index is 8.22. The lowest BCUT2D eigenvalue weighted by molar-refractivity contribution is 0.671. The monoisotopic (exact) mass is 267 g/mol. The van der Waals surface area contributed by atoms with Gasteiger partial charge in [-0.25, -0.2) is 4.99 Å². The highest BCUT2D eigenvalue weighted by atomic mass is 14.9. The van der Waals surface area contributed by atoms with Gasteiger partial charge in [0.2, 0.25) is 0 Å². The van der Waals surface area contributed by atoms with Gasteiger partial charge < -0.3 is 5.73 Å². The Balaban J connectivity index is 2.39. The van der Waals surface area contributed by atoms with Gasteiger partial charge >= 0.3 is 0 Å². The number of fused-ring (bicyclic) bond motifs is 1. The van der Waals surface area contributed by atoms with Gasteiger partial charge in [0.15, 0.2) is 5.84 Å². The Morgan fingerprint density at radius 1 is 1.45 bits per heavy atom. The number of nitrogens with zero attached hydrogens (tertiary/aromatic N) is 1. The van der Waals surface area contributed by atoms with E-state index in [9.17, 15) is 0 Å². The van der Waals surface area contributed by atoms with Gasteiger partial charge in [-0.1, -0.05) is 36.4 Å². The summed E-state index contributed by atoms with van der Waals surface area (Å²) in [7, 11) is 0. The van der Waals surface area contributed by atoms with Crippen molar-refractivity contribution < 1.29 is 0 Å². The first-order valence-electron chi connectivity index (χ1n) is 6.81. The van der Waals surface area contributed by atoms with Crippen LogP contribution in [0.4, 0.5) is 0 Å². The molecule has 0 atom stereocenters. The van der Waals surface area contributed by atoms with Crippen molar-refractivity contribution in [2.75, 3.05) is 0 Å². The smallest absolute Gasteiger partial charge is 0.154 e. The van der Waals surface area contributed by atoms with Crippen LogP contribution < -0.4 is 5.73 Å². The largest absolute Gasteiger partial charge is 0.386 e. The first kappa shape index (κ1) is 14.3. The average Bonchev–Trinajstić information content (AvgIpc) is 2.46. The predicted octanol–water partition coefficient (Wildman–Crippen LogP) is 3.54. The number of rotatable bonds is 3. The third-order valence-corrected chi connectivity index (χ3v) is 3.72. The number of hydrogen-bond acceptors (Lipinski definition) is 1. The van der Waals surface area contributed by atoms with Crippen molar-refractivity contribution in [1.29, 1.82) is 5.41 Å². The minimum absolute atomic E-state index is 0.209. The van der Waals surface area contributed by atoms with Crippen LogP contribution in [0.25, 0.3) is 6.08 Å². The number of aryl methyl sites for hydroxylation is 1. The molecule has 0 aliphatic heterocycles. The zero-order valence-electron chi connectivity index (χ0n) is 12.1. The molecule has 1 aromatic carbocycles. The quantitative estimate of drug-likeness (QED) is 0.491. The van der Waals surface area contributed by atoms with E-state index in [2.05, 4.69) is 29.8 Å². The molecule has 20 heavy (non-hydrogen) atoms. The highest BCUT2D eigenvalue weighted by Crippen LogP contribution is 2.24. The van der Waals surface area contributed by atoms with Crippen molar-refractivity contribution in [2.45, 2.75) is 26.7 Å². The molecule has 0 saturated carbocycles. The Bertz CT molecular complexity index is 607. The Labute approximate surface area is 120 Å². The summed E-state index contributed by atoms with van der Waals surface area (Å²) < 4.78 is 0. The lowest BCUT2D eigenvalue weighted by atomic mass is 9.91. The fraction of sp³-hybridized carbons (Fsp3) is 0.294. The molecule has 3 N–H and O–H groups in total. The van der Waals surface area contributed by atoms with E-state index in [0.717, 1.165) is 24.0 Å². The van der Waals surface area contributed by atoms with E-state index < -0.39 is 5.41 Å². The van der Waals surface area contributed by atoms with Gasteiger partial charge in [0.05, 0.1) is 0 Å². The first-order chi connectivity index (χ1) is 9.45. The molecular weight excluding hydrogens is 246 g/mol. The fourth-order valence-corrected chi connectivity index (χ4v) is 2.10. The summed E-state index contributed by atoms with van der Waals surface area (Å²) >= 11 is 0. The summed E-state index contributed by atoms with van der Waals surface area (Å²) in [5, 5.41) is 8.22. The minimum atomic E-state index is -0.406. The second-order valence-corrected chi connectivity index (χ2v) is 5.59. The van der Waals surface area contributed by atoms with Crippen molar-refractivity contribution in [2.24, 2.45) is 16.1 Å². The molecule has 0 unspecified atom stereocenters. The molecule has 0 fully saturated rings. The molecule has 2 rings (SSSR count). The van der Waals surface area contributed by atoms with E-state index >= 15 is 0 Å². The molecule has 1 aliphatic carbocycles. The van der Waals surface area contributed by atoms with Crippen molar-refractivity contribution in [3.63, 3.8) is 0 Å². The number of nitrogens with two attached hydrogens (primary N) is 1. The predicted molar refractivity (Wildman–Crippen MR) is 86.2 cm³/mol. The van der Waals surface area contributed by atoms with Crippen LogP contribution in [-0.2, 0) is 6.42 Å². The lowest BCUT2D eigenvalue weighted by Gasteiger charge is -2.19. The van der Waals surface area contributed by atoms with Crippen LogP contribution in [0.3, 0.4) is 0 Å². The first-order valence-corrected chi connectivity index (χ1v) is 6.81. The molecule has 0 bridgehead atoms. The third-order valence-electron chi connectivity index (χ3n) is 3.72. The zero-order chi connectivity index (χ0) is 14.8. The fourth-order valence-electron chi connectivity index (χ4n) is 2.10. The van der Waals surface area contributed by atoms with Gasteiger partial charge in [-0.15, -0.1) is 6.58 Å². The van der Waals surface area contributed by atoms with Gasteiger partial charge in [-0.05, 0) is 37.8 Å². The Morgan fingerprint density at radius 3 is 2.90 bits per heavy atom. The number of aliphatic imine (C=N–C) groups is 1. The molecule has 0 heterocycles. The topological polar surface area (TPSA) is 62.2 Å². The van der Waals surface area contributed by atoms with Crippen molar-refractivity contribution in [1.82, 2.24) is 0 Å². The van der Waals surface area contributed by atoms with Crippen LogP contribution in [0.5, 0.6) is 0 Å². The lowest BCUT2D eigenvalue weighted by Crippen LogP contribution is -2.31. The van der Waals surface area contributed by atoms with Gasteiger partial charge in [0, 0.05) is 11.0 Å². The maximum Gasteiger partial charge on any atom is 0.154 e. The molecule has 1 aromatic rings. The minimum Gasteiger partial charge on any atom is -0.386 e. The number of amidine groups is 2. The number of hydrogen-bond donors (Lipinski definition) is 2. The van der Waals surface area contributed by atoms with Crippen LogP contribution in [0.2, 0.25) is 0 Å². The van der Waals surface area contributed by atoms with Gasteiger partial charge in [-0.3, -0.25) is 5.41 Å². The summed E-state index contributed by atoms with van der Waals surface area (Å²) in [5.74, 6) is 0.621. The number of allylic oxidation sites excluding steroid dienone is 1. The van der Waals surface area contributed by atoms with Crippen molar-refractivity contribution >= 4 is 17.7 Å². The Morgan fingerprint density at radius 2 is 2.20 bits per heavy atom. The molecule has 1 aliphatic rings. The number of benzene rings is 1. The van der Waals surface area contributed by atoms with E-state index in [4.69, 9.17) is 11.1 Å². The van der Waals surface area contributed by atoms with Crippen LogP contribution in [0, 0.1) is 10.8 Å². The number of nitrogens with one attached hydrogen (secondary N) is 1. The highest BCUT2D eigenvalue weighted by Gasteiger charge is 2.20. The summed E-state index contributed by atoms with van der Waals surface area (Å²) in [6, 6.07) is 6.01. The molecule has 0 saturated heterocycles. The van der Waals surface area contributed by atoms with Gasteiger partial charge in [0.25, 0.3) is 0 Å². The maximum atomic E-state index is 8.22. The molecule has 0 radical (unpaired) electrons. The molecule has 0 aromatic heterocycles. The van der Waals surface area contributed by atoms with Gasteiger partial charge in [-0.2, -0.15) is 0 Å².